The van der Waals surface area contributed by atoms with Crippen LogP contribution in [0.15, 0.2) is 24.3 Å². The minimum Gasteiger partial charge on any atom is -0.460 e. The zero-order valence-electron chi connectivity index (χ0n) is 10.7. The number of benzene rings is 1. The Labute approximate surface area is 108 Å². The molecule has 4 heteroatoms. The van der Waals surface area contributed by atoms with Gasteiger partial charge in [-0.3, -0.25) is 10.2 Å². The first-order chi connectivity index (χ1) is 8.69. The van der Waals surface area contributed by atoms with Crippen LogP contribution in [0.1, 0.15) is 49.8 Å². The second-order valence-corrected chi connectivity index (χ2v) is 4.25. The van der Waals surface area contributed by atoms with Crippen LogP contribution in [0.5, 0.6) is 0 Å². The zero-order valence-corrected chi connectivity index (χ0v) is 10.7. The summed E-state index contributed by atoms with van der Waals surface area (Å²) >= 11 is 0. The molecule has 0 amide bonds. The number of nitrogens with one attached hydrogen (secondary N) is 1. The molecule has 0 radical (unpaired) electrons. The van der Waals surface area contributed by atoms with Crippen molar-refractivity contribution in [1.29, 1.82) is 5.41 Å². The Hall–Kier alpha value is -1.84. The Kier molecular flexibility index (Phi) is 5.91. The Morgan fingerprint density at radius 2 is 2.06 bits per heavy atom. The molecule has 3 N–H and O–H groups in total. The SMILES string of the molecule is CCCCCC(OC=O)c1ccc(C(=N)N)cc1. The lowest BCUT2D eigenvalue weighted by molar-refractivity contribution is -0.134. The molecule has 0 fully saturated rings. The van der Waals surface area contributed by atoms with E-state index in [1.807, 2.05) is 12.1 Å². The normalized spacial score (nSPS) is 11.8. The van der Waals surface area contributed by atoms with Gasteiger partial charge in [-0.1, -0.05) is 44.0 Å². The van der Waals surface area contributed by atoms with E-state index in [-0.39, 0.29) is 11.9 Å². The van der Waals surface area contributed by atoms with E-state index in [0.29, 0.717) is 12.0 Å². The first-order valence-corrected chi connectivity index (χ1v) is 6.22. The average Bonchev–Trinajstić information content (AvgIpc) is 2.38. The van der Waals surface area contributed by atoms with Crippen LogP contribution in [-0.2, 0) is 9.53 Å². The molecule has 0 aromatic heterocycles. The summed E-state index contributed by atoms with van der Waals surface area (Å²) in [7, 11) is 0. The second-order valence-electron chi connectivity index (χ2n) is 4.25. The molecule has 18 heavy (non-hydrogen) atoms. The number of ether oxygens (including phenoxy) is 1. The van der Waals surface area contributed by atoms with Gasteiger partial charge in [0.1, 0.15) is 11.9 Å². The van der Waals surface area contributed by atoms with Crippen molar-refractivity contribution in [3.63, 3.8) is 0 Å². The third-order valence-electron chi connectivity index (χ3n) is 2.88. The number of rotatable bonds is 8. The predicted molar refractivity (Wildman–Crippen MR) is 71.5 cm³/mol. The molecule has 4 nitrogen and oxygen atoms in total. The minimum absolute atomic E-state index is 0.0420. The van der Waals surface area contributed by atoms with Gasteiger partial charge in [0.25, 0.3) is 6.47 Å². The van der Waals surface area contributed by atoms with Crippen LogP contribution in [-0.4, -0.2) is 12.3 Å². The van der Waals surface area contributed by atoms with Crippen molar-refractivity contribution in [3.8, 4) is 0 Å². The molecule has 0 spiro atoms. The van der Waals surface area contributed by atoms with Crippen molar-refractivity contribution >= 4 is 12.3 Å². The van der Waals surface area contributed by atoms with Crippen molar-refractivity contribution < 1.29 is 9.53 Å². The molecule has 1 unspecified atom stereocenters. The summed E-state index contributed by atoms with van der Waals surface area (Å²) < 4.78 is 5.11. The number of hydrogen-bond donors (Lipinski definition) is 2. The molecule has 0 saturated heterocycles. The maximum atomic E-state index is 10.5. The fraction of sp³-hybridized carbons (Fsp3) is 0.429. The van der Waals surface area contributed by atoms with Gasteiger partial charge in [0.05, 0.1) is 0 Å². The van der Waals surface area contributed by atoms with Gasteiger partial charge in [-0.05, 0) is 18.4 Å². The summed E-state index contributed by atoms with van der Waals surface area (Å²) in [5.41, 5.74) is 7.02. The summed E-state index contributed by atoms with van der Waals surface area (Å²) in [6.07, 6.45) is 3.92. The van der Waals surface area contributed by atoms with E-state index in [2.05, 4.69) is 6.92 Å². The summed E-state index contributed by atoms with van der Waals surface area (Å²) in [5, 5.41) is 7.32. The van der Waals surface area contributed by atoms with E-state index in [9.17, 15) is 4.79 Å². The van der Waals surface area contributed by atoms with Crippen LogP contribution in [0.25, 0.3) is 0 Å². The number of nitrogens with two attached hydrogens (primary N) is 1. The van der Waals surface area contributed by atoms with Crippen LogP contribution in [0.2, 0.25) is 0 Å². The van der Waals surface area contributed by atoms with E-state index in [4.69, 9.17) is 15.9 Å². The van der Waals surface area contributed by atoms with Crippen molar-refractivity contribution in [3.05, 3.63) is 35.4 Å². The number of carbonyl (C=O) groups excluding carboxylic acids is 1. The van der Waals surface area contributed by atoms with Crippen molar-refractivity contribution in [2.24, 2.45) is 5.73 Å². The van der Waals surface area contributed by atoms with Gasteiger partial charge in [0.2, 0.25) is 0 Å². The molecule has 1 atom stereocenters. The maximum absolute atomic E-state index is 10.5. The standard InChI is InChI=1S/C14H20N2O2/c1-2-3-4-5-13(18-10-17)11-6-8-12(9-7-11)14(15)16/h6-10,13H,2-5H2,1H3,(H3,15,16). The highest BCUT2D eigenvalue weighted by atomic mass is 16.5. The van der Waals surface area contributed by atoms with Crippen LogP contribution in [0.4, 0.5) is 0 Å². The van der Waals surface area contributed by atoms with E-state index in [1.54, 1.807) is 12.1 Å². The molecular weight excluding hydrogens is 228 g/mol. The van der Waals surface area contributed by atoms with Gasteiger partial charge in [0.15, 0.2) is 0 Å². The molecule has 0 bridgehead atoms. The fourth-order valence-electron chi connectivity index (χ4n) is 1.84. The number of amidine groups is 1. The highest BCUT2D eigenvalue weighted by Gasteiger charge is 2.12. The Morgan fingerprint density at radius 3 is 2.56 bits per heavy atom. The quantitative estimate of drug-likeness (QED) is 0.321. The van der Waals surface area contributed by atoms with Gasteiger partial charge in [-0.15, -0.1) is 0 Å². The Balaban J connectivity index is 2.71. The largest absolute Gasteiger partial charge is 0.460 e. The van der Waals surface area contributed by atoms with Crippen LogP contribution in [0, 0.1) is 5.41 Å². The van der Waals surface area contributed by atoms with E-state index in [0.717, 1.165) is 31.2 Å². The molecule has 0 aliphatic rings. The maximum Gasteiger partial charge on any atom is 0.293 e. The number of nitrogen functional groups attached to an aromatic ring is 1. The van der Waals surface area contributed by atoms with Crippen LogP contribution in [0.3, 0.4) is 0 Å². The topological polar surface area (TPSA) is 76.2 Å². The third-order valence-corrected chi connectivity index (χ3v) is 2.88. The second kappa shape index (κ2) is 7.48. The molecule has 1 rings (SSSR count). The van der Waals surface area contributed by atoms with Gasteiger partial charge in [-0.25, -0.2) is 0 Å². The first kappa shape index (κ1) is 14.2. The first-order valence-electron chi connectivity index (χ1n) is 6.22. The summed E-state index contributed by atoms with van der Waals surface area (Å²) in [6, 6.07) is 7.27. The summed E-state index contributed by atoms with van der Waals surface area (Å²) in [5.74, 6) is 0.0420. The molecule has 0 aliphatic carbocycles. The van der Waals surface area contributed by atoms with E-state index < -0.39 is 0 Å². The molecule has 1 aromatic rings. The summed E-state index contributed by atoms with van der Waals surface area (Å²) in [6.45, 7) is 2.63. The molecule has 0 aliphatic heterocycles. The van der Waals surface area contributed by atoms with Gasteiger partial charge >= 0.3 is 0 Å². The highest BCUT2D eigenvalue weighted by molar-refractivity contribution is 5.94. The lowest BCUT2D eigenvalue weighted by Gasteiger charge is -2.15. The lowest BCUT2D eigenvalue weighted by Crippen LogP contribution is -2.11. The highest BCUT2D eigenvalue weighted by Crippen LogP contribution is 2.23. The number of unbranched alkanes of at least 4 members (excludes halogenated alkanes) is 2. The minimum atomic E-state index is -0.199. The molecule has 0 saturated carbocycles. The van der Waals surface area contributed by atoms with Crippen molar-refractivity contribution in [1.82, 2.24) is 0 Å². The number of carbonyl (C=O) groups is 1. The van der Waals surface area contributed by atoms with Crippen LogP contribution < -0.4 is 5.73 Å². The zero-order chi connectivity index (χ0) is 13.4. The molecular formula is C14H20N2O2. The smallest absolute Gasteiger partial charge is 0.293 e. The molecule has 98 valence electrons. The number of hydrogen-bond acceptors (Lipinski definition) is 3. The van der Waals surface area contributed by atoms with E-state index >= 15 is 0 Å². The monoisotopic (exact) mass is 248 g/mol. The lowest BCUT2D eigenvalue weighted by atomic mass is 10.0. The average molecular weight is 248 g/mol. The van der Waals surface area contributed by atoms with Gasteiger partial charge in [-0.2, -0.15) is 0 Å². The summed E-state index contributed by atoms with van der Waals surface area (Å²) in [4.78, 5) is 10.5. The van der Waals surface area contributed by atoms with Gasteiger partial charge in [0, 0.05) is 5.56 Å². The van der Waals surface area contributed by atoms with Crippen molar-refractivity contribution in [2.45, 2.75) is 38.7 Å². The Morgan fingerprint density at radius 1 is 1.39 bits per heavy atom. The Bertz CT molecular complexity index is 387. The fourth-order valence-corrected chi connectivity index (χ4v) is 1.84. The van der Waals surface area contributed by atoms with Gasteiger partial charge < -0.3 is 10.5 Å². The van der Waals surface area contributed by atoms with Crippen molar-refractivity contribution in [2.75, 3.05) is 0 Å². The predicted octanol–water partition coefficient (Wildman–Crippen LogP) is 2.77. The van der Waals surface area contributed by atoms with Crippen LogP contribution >= 0.6 is 0 Å². The van der Waals surface area contributed by atoms with E-state index in [1.165, 1.54) is 0 Å². The molecule has 1 aromatic carbocycles. The molecule has 0 heterocycles. The third kappa shape index (κ3) is 4.20.